The van der Waals surface area contributed by atoms with Gasteiger partial charge in [-0.05, 0) is 35.9 Å². The highest BCUT2D eigenvalue weighted by Gasteiger charge is 2.19. The molecule has 0 aliphatic heterocycles. The summed E-state index contributed by atoms with van der Waals surface area (Å²) in [5.74, 6) is 0.193. The fourth-order valence-electron chi connectivity index (χ4n) is 2.71. The topological polar surface area (TPSA) is 133 Å². The van der Waals surface area contributed by atoms with Crippen molar-refractivity contribution in [3.63, 3.8) is 0 Å². The summed E-state index contributed by atoms with van der Waals surface area (Å²) in [5.41, 5.74) is 7.17. The molecule has 0 spiro atoms. The molecule has 0 aliphatic rings. The smallest absolute Gasteiger partial charge is 0.275 e. The molecule has 0 aliphatic carbocycles. The first-order valence-electron chi connectivity index (χ1n) is 9.14. The molecule has 1 heterocycles. The summed E-state index contributed by atoms with van der Waals surface area (Å²) in [6.45, 7) is 0.0183. The molecule has 2 aromatic carbocycles. The molecular formula is C20H21ClN6O4. The van der Waals surface area contributed by atoms with E-state index in [0.29, 0.717) is 16.5 Å². The van der Waals surface area contributed by atoms with Crippen LogP contribution in [-0.4, -0.2) is 41.0 Å². The molecule has 11 heteroatoms. The number of methoxy groups -OCH3 is 2. The second-order valence-corrected chi connectivity index (χ2v) is 6.84. The molecule has 10 nitrogen and oxygen atoms in total. The van der Waals surface area contributed by atoms with Crippen LogP contribution in [0.2, 0.25) is 5.02 Å². The van der Waals surface area contributed by atoms with E-state index in [1.807, 2.05) is 12.1 Å². The molecule has 0 unspecified atom stereocenters. The monoisotopic (exact) mass is 444 g/mol. The van der Waals surface area contributed by atoms with Crippen LogP contribution in [0.15, 0.2) is 42.5 Å². The Morgan fingerprint density at radius 3 is 2.55 bits per heavy atom. The van der Waals surface area contributed by atoms with Crippen LogP contribution >= 0.6 is 11.6 Å². The average molecular weight is 445 g/mol. The van der Waals surface area contributed by atoms with Crippen molar-refractivity contribution in [1.82, 2.24) is 20.3 Å². The van der Waals surface area contributed by atoms with Gasteiger partial charge in [-0.2, -0.15) is 0 Å². The van der Waals surface area contributed by atoms with Crippen molar-refractivity contribution in [3.8, 4) is 11.5 Å². The first-order valence-corrected chi connectivity index (χ1v) is 9.52. The number of ether oxygens (including phenoxy) is 2. The Labute approximate surface area is 183 Å². The maximum absolute atomic E-state index is 12.4. The number of nitrogens with zero attached hydrogens (tertiary/aromatic N) is 3. The highest BCUT2D eigenvalue weighted by molar-refractivity contribution is 6.31. The number of rotatable bonds is 8. The summed E-state index contributed by atoms with van der Waals surface area (Å²) in [4.78, 5) is 24.8. The molecule has 0 fully saturated rings. The molecule has 0 bridgehead atoms. The lowest BCUT2D eigenvalue weighted by molar-refractivity contribution is -0.116. The molecule has 31 heavy (non-hydrogen) atoms. The fourth-order valence-corrected chi connectivity index (χ4v) is 2.88. The van der Waals surface area contributed by atoms with Crippen LogP contribution in [-0.2, 0) is 17.9 Å². The van der Waals surface area contributed by atoms with Gasteiger partial charge in [-0.15, -0.1) is 5.10 Å². The number of anilines is 2. The maximum atomic E-state index is 12.4. The summed E-state index contributed by atoms with van der Waals surface area (Å²) in [6, 6.07) is 12.1. The van der Waals surface area contributed by atoms with Crippen molar-refractivity contribution in [3.05, 3.63) is 58.7 Å². The standard InChI is InChI=1S/C20H21ClN6O4/c1-30-14-6-3-12(4-7-14)10-23-20(29)18-19(22)27(26-25-18)11-17(28)24-15-9-13(21)5-8-16(15)31-2/h3-9H,10-11,22H2,1-2H3,(H,23,29)(H,24,28). The van der Waals surface area contributed by atoms with Gasteiger partial charge in [-0.1, -0.05) is 28.9 Å². The maximum Gasteiger partial charge on any atom is 0.275 e. The third kappa shape index (κ3) is 5.43. The minimum atomic E-state index is -0.503. The minimum Gasteiger partial charge on any atom is -0.497 e. The van der Waals surface area contributed by atoms with Gasteiger partial charge in [0.15, 0.2) is 11.5 Å². The van der Waals surface area contributed by atoms with Crippen LogP contribution in [0.4, 0.5) is 11.5 Å². The molecule has 162 valence electrons. The second-order valence-electron chi connectivity index (χ2n) is 6.40. The summed E-state index contributed by atoms with van der Waals surface area (Å²) in [5, 5.41) is 13.4. The van der Waals surface area contributed by atoms with Crippen molar-refractivity contribution in [2.45, 2.75) is 13.1 Å². The van der Waals surface area contributed by atoms with E-state index in [4.69, 9.17) is 26.8 Å². The number of aromatic nitrogens is 3. The first kappa shape index (κ1) is 21.9. The largest absolute Gasteiger partial charge is 0.497 e. The van der Waals surface area contributed by atoms with Gasteiger partial charge < -0.3 is 25.8 Å². The Morgan fingerprint density at radius 2 is 1.87 bits per heavy atom. The van der Waals surface area contributed by atoms with Crippen LogP contribution < -0.4 is 25.8 Å². The Balaban J connectivity index is 1.61. The van der Waals surface area contributed by atoms with Crippen LogP contribution in [0.3, 0.4) is 0 Å². The van der Waals surface area contributed by atoms with Crippen molar-refractivity contribution >= 4 is 34.9 Å². The predicted molar refractivity (Wildman–Crippen MR) is 115 cm³/mol. The van der Waals surface area contributed by atoms with Crippen LogP contribution in [0.5, 0.6) is 11.5 Å². The molecule has 0 atom stereocenters. The fraction of sp³-hybridized carbons (Fsp3) is 0.200. The number of halogens is 1. The van der Waals surface area contributed by atoms with E-state index in [2.05, 4.69) is 20.9 Å². The SMILES string of the molecule is COc1ccc(CNC(=O)c2nnn(CC(=O)Nc3cc(Cl)ccc3OC)c2N)cc1. The van der Waals surface area contributed by atoms with Crippen LogP contribution in [0, 0.1) is 0 Å². The molecule has 3 rings (SSSR count). The predicted octanol–water partition coefficient (Wildman–Crippen LogP) is 2.10. The number of hydrogen-bond donors (Lipinski definition) is 3. The Hall–Kier alpha value is -3.79. The van der Waals surface area contributed by atoms with Gasteiger partial charge in [0.25, 0.3) is 5.91 Å². The van der Waals surface area contributed by atoms with E-state index in [1.54, 1.807) is 37.4 Å². The van der Waals surface area contributed by atoms with Gasteiger partial charge in [0.05, 0.1) is 19.9 Å². The van der Waals surface area contributed by atoms with E-state index < -0.39 is 11.8 Å². The van der Waals surface area contributed by atoms with Gasteiger partial charge in [0.2, 0.25) is 5.91 Å². The molecule has 4 N–H and O–H groups in total. The molecule has 3 aromatic rings. The normalized spacial score (nSPS) is 10.4. The van der Waals surface area contributed by atoms with E-state index in [9.17, 15) is 9.59 Å². The second kappa shape index (κ2) is 9.81. The molecule has 2 amide bonds. The molecule has 0 saturated heterocycles. The first-order chi connectivity index (χ1) is 14.9. The number of carbonyl (C=O) groups excluding carboxylic acids is 2. The van der Waals surface area contributed by atoms with Crippen molar-refractivity contribution in [2.75, 3.05) is 25.3 Å². The lowest BCUT2D eigenvalue weighted by Crippen LogP contribution is -2.25. The van der Waals surface area contributed by atoms with Gasteiger partial charge in [0.1, 0.15) is 18.0 Å². The Morgan fingerprint density at radius 1 is 1.13 bits per heavy atom. The zero-order valence-electron chi connectivity index (χ0n) is 16.9. The van der Waals surface area contributed by atoms with Crippen molar-refractivity contribution < 1.29 is 19.1 Å². The third-order valence-electron chi connectivity index (χ3n) is 4.33. The van der Waals surface area contributed by atoms with E-state index in [-0.39, 0.29) is 24.6 Å². The number of amides is 2. The van der Waals surface area contributed by atoms with Crippen molar-refractivity contribution in [1.29, 1.82) is 0 Å². The number of nitrogens with two attached hydrogens (primary N) is 1. The van der Waals surface area contributed by atoms with Crippen molar-refractivity contribution in [2.24, 2.45) is 0 Å². The quantitative estimate of drug-likeness (QED) is 0.484. The van der Waals surface area contributed by atoms with Gasteiger partial charge in [-0.3, -0.25) is 9.59 Å². The van der Waals surface area contributed by atoms with Crippen LogP contribution in [0.25, 0.3) is 0 Å². The molecule has 0 radical (unpaired) electrons. The number of hydrogen-bond acceptors (Lipinski definition) is 7. The Kier molecular flexibility index (Phi) is 6.93. The number of nitrogens with one attached hydrogen (secondary N) is 2. The van der Waals surface area contributed by atoms with E-state index >= 15 is 0 Å². The number of carbonyl (C=O) groups is 2. The highest BCUT2D eigenvalue weighted by atomic mass is 35.5. The average Bonchev–Trinajstić information content (AvgIpc) is 3.12. The zero-order valence-corrected chi connectivity index (χ0v) is 17.6. The summed E-state index contributed by atoms with van der Waals surface area (Å²) < 4.78 is 11.4. The third-order valence-corrected chi connectivity index (χ3v) is 4.56. The number of nitrogen functional groups attached to an aromatic ring is 1. The lowest BCUT2D eigenvalue weighted by atomic mass is 10.2. The molecule has 1 aromatic heterocycles. The van der Waals surface area contributed by atoms with Crippen LogP contribution in [0.1, 0.15) is 16.1 Å². The van der Waals surface area contributed by atoms with Gasteiger partial charge in [0, 0.05) is 11.6 Å². The highest BCUT2D eigenvalue weighted by Crippen LogP contribution is 2.27. The molecule has 0 saturated carbocycles. The number of benzene rings is 2. The lowest BCUT2D eigenvalue weighted by Gasteiger charge is -2.11. The van der Waals surface area contributed by atoms with E-state index in [1.165, 1.54) is 7.11 Å². The summed E-state index contributed by atoms with van der Waals surface area (Å²) >= 11 is 5.96. The molecular weight excluding hydrogens is 424 g/mol. The zero-order chi connectivity index (χ0) is 22.4. The van der Waals surface area contributed by atoms with E-state index in [0.717, 1.165) is 16.0 Å². The van der Waals surface area contributed by atoms with Gasteiger partial charge in [-0.25, -0.2) is 4.68 Å². The van der Waals surface area contributed by atoms with Gasteiger partial charge >= 0.3 is 0 Å². The minimum absolute atomic E-state index is 0.0274. The summed E-state index contributed by atoms with van der Waals surface area (Å²) in [6.07, 6.45) is 0. The summed E-state index contributed by atoms with van der Waals surface area (Å²) in [7, 11) is 3.06. The Bertz CT molecular complexity index is 1080.